The van der Waals surface area contributed by atoms with Gasteiger partial charge in [-0.2, -0.15) is 11.8 Å². The maximum absolute atomic E-state index is 10.4. The summed E-state index contributed by atoms with van der Waals surface area (Å²) < 4.78 is 7.47. The van der Waals surface area contributed by atoms with Crippen molar-refractivity contribution >= 4 is 17.7 Å². The number of hydrogen-bond acceptors (Lipinski definition) is 5. The molecule has 0 radical (unpaired) electrons. The van der Waals surface area contributed by atoms with E-state index in [9.17, 15) is 4.79 Å². The summed E-state index contributed by atoms with van der Waals surface area (Å²) in [5.74, 6) is 1.56. The van der Waals surface area contributed by atoms with Crippen LogP contribution in [-0.2, 0) is 17.9 Å². The lowest BCUT2D eigenvalue weighted by molar-refractivity contribution is -0.136. The lowest BCUT2D eigenvalue weighted by atomic mass is 10.2. The van der Waals surface area contributed by atoms with E-state index in [1.807, 2.05) is 41.2 Å². The number of ether oxygens (including phenoxy) is 1. The van der Waals surface area contributed by atoms with Gasteiger partial charge in [0.05, 0.1) is 12.6 Å². The van der Waals surface area contributed by atoms with E-state index in [0.717, 1.165) is 30.2 Å². The summed E-state index contributed by atoms with van der Waals surface area (Å²) in [6.45, 7) is 3.24. The van der Waals surface area contributed by atoms with Crippen molar-refractivity contribution in [1.29, 1.82) is 0 Å². The van der Waals surface area contributed by atoms with E-state index in [-0.39, 0.29) is 6.42 Å². The van der Waals surface area contributed by atoms with Crippen LogP contribution in [0.25, 0.3) is 0 Å². The third kappa shape index (κ3) is 7.89. The summed E-state index contributed by atoms with van der Waals surface area (Å²) in [5, 5.41) is 16.8. The number of para-hydroxylation sites is 1. The van der Waals surface area contributed by atoms with E-state index >= 15 is 0 Å². The van der Waals surface area contributed by atoms with Gasteiger partial charge in [0, 0.05) is 18.1 Å². The lowest BCUT2D eigenvalue weighted by Gasteiger charge is -2.03. The summed E-state index contributed by atoms with van der Waals surface area (Å²) in [7, 11) is 0. The van der Waals surface area contributed by atoms with Crippen LogP contribution in [0.15, 0.2) is 48.2 Å². The number of thioether (sulfide) groups is 1. The van der Waals surface area contributed by atoms with E-state index in [0.29, 0.717) is 12.4 Å². The van der Waals surface area contributed by atoms with Crippen LogP contribution in [0.1, 0.15) is 25.5 Å². The number of rotatable bonds is 11. The molecule has 0 unspecified atom stereocenters. The Kier molecular flexibility index (Phi) is 8.04. The van der Waals surface area contributed by atoms with Crippen molar-refractivity contribution in [3.05, 3.63) is 53.9 Å². The number of carbonyl (C=O) groups is 1. The summed E-state index contributed by atoms with van der Waals surface area (Å²) in [6.07, 6.45) is 5.15. The van der Waals surface area contributed by atoms with Gasteiger partial charge in [0.1, 0.15) is 18.1 Å². The molecule has 0 bridgehead atoms. The molecule has 0 saturated carbocycles. The van der Waals surface area contributed by atoms with Gasteiger partial charge in [-0.25, -0.2) is 0 Å². The fourth-order valence-electron chi connectivity index (χ4n) is 2.02. The number of aromatic nitrogens is 3. The van der Waals surface area contributed by atoms with Gasteiger partial charge < -0.3 is 9.84 Å². The third-order valence-corrected chi connectivity index (χ3v) is 4.36. The van der Waals surface area contributed by atoms with Crippen molar-refractivity contribution in [1.82, 2.24) is 15.0 Å². The third-order valence-electron chi connectivity index (χ3n) is 3.46. The van der Waals surface area contributed by atoms with Crippen molar-refractivity contribution in [2.75, 3.05) is 11.5 Å². The number of nitrogens with zero attached hydrogens (tertiary/aromatic N) is 3. The van der Waals surface area contributed by atoms with E-state index in [4.69, 9.17) is 9.84 Å². The average molecular weight is 361 g/mol. The molecule has 0 aliphatic rings. The zero-order chi connectivity index (χ0) is 17.9. The highest BCUT2D eigenvalue weighted by Gasteiger charge is 2.02. The van der Waals surface area contributed by atoms with E-state index in [2.05, 4.69) is 23.3 Å². The first-order valence-corrected chi connectivity index (χ1v) is 9.31. The van der Waals surface area contributed by atoms with Crippen LogP contribution < -0.4 is 4.74 Å². The molecule has 0 amide bonds. The highest BCUT2D eigenvalue weighted by molar-refractivity contribution is 7.99. The smallest absolute Gasteiger partial charge is 0.304 e. The number of allylic oxidation sites excluding steroid dienone is 1. The lowest BCUT2D eigenvalue weighted by Crippen LogP contribution is -2.00. The number of hydrogen-bond donors (Lipinski definition) is 1. The minimum atomic E-state index is -0.744. The Morgan fingerprint density at radius 2 is 2.12 bits per heavy atom. The van der Waals surface area contributed by atoms with Crippen molar-refractivity contribution in [3.8, 4) is 5.75 Å². The number of benzene rings is 1. The molecule has 0 spiro atoms. The Morgan fingerprint density at radius 3 is 2.88 bits per heavy atom. The second-order valence-electron chi connectivity index (χ2n) is 5.59. The SMILES string of the molecule is C/C(=C\CSCCC(=O)O)CCn1cc(COc2ccccc2)nn1. The topological polar surface area (TPSA) is 77.2 Å². The normalized spacial score (nSPS) is 11.5. The standard InChI is InChI=1S/C18H23N3O3S/c1-15(8-11-25-12-9-18(22)23)7-10-21-13-16(19-20-21)14-24-17-5-3-2-4-6-17/h2-6,8,13H,7,9-12,14H2,1H3,(H,22,23)/b15-8+. The fraction of sp³-hybridized carbons (Fsp3) is 0.389. The molecule has 0 fully saturated rings. The number of aryl methyl sites for hydroxylation is 1. The zero-order valence-corrected chi connectivity index (χ0v) is 15.1. The minimum absolute atomic E-state index is 0.213. The maximum Gasteiger partial charge on any atom is 0.304 e. The van der Waals surface area contributed by atoms with Crippen molar-refractivity contribution in [3.63, 3.8) is 0 Å². The monoisotopic (exact) mass is 361 g/mol. The fourth-order valence-corrected chi connectivity index (χ4v) is 2.91. The molecule has 1 N–H and O–H groups in total. The molecule has 1 heterocycles. The van der Waals surface area contributed by atoms with E-state index in [1.165, 1.54) is 5.57 Å². The largest absolute Gasteiger partial charge is 0.487 e. The van der Waals surface area contributed by atoms with Crippen LogP contribution >= 0.6 is 11.8 Å². The van der Waals surface area contributed by atoms with E-state index < -0.39 is 5.97 Å². The molecule has 0 aliphatic heterocycles. The molecule has 2 rings (SSSR count). The van der Waals surface area contributed by atoms with Crippen molar-refractivity contribution < 1.29 is 14.6 Å². The molecule has 0 atom stereocenters. The van der Waals surface area contributed by atoms with Gasteiger partial charge in [0.15, 0.2) is 0 Å². The molecule has 7 heteroatoms. The van der Waals surface area contributed by atoms with Gasteiger partial charge in [-0.1, -0.05) is 35.1 Å². The van der Waals surface area contributed by atoms with Gasteiger partial charge in [-0.3, -0.25) is 9.48 Å². The van der Waals surface area contributed by atoms with Crippen LogP contribution in [0, 0.1) is 0 Å². The molecule has 0 aliphatic carbocycles. The summed E-state index contributed by atoms with van der Waals surface area (Å²) in [6, 6.07) is 9.63. The molecular weight excluding hydrogens is 338 g/mol. The van der Waals surface area contributed by atoms with Crippen molar-refractivity contribution in [2.45, 2.75) is 32.9 Å². The van der Waals surface area contributed by atoms with Crippen LogP contribution in [0.4, 0.5) is 0 Å². The summed E-state index contributed by atoms with van der Waals surface area (Å²) >= 11 is 1.63. The summed E-state index contributed by atoms with van der Waals surface area (Å²) in [5.41, 5.74) is 2.06. The van der Waals surface area contributed by atoms with Gasteiger partial charge in [0.2, 0.25) is 0 Å². The number of aliphatic carboxylic acids is 1. The predicted octanol–water partition coefficient (Wildman–Crippen LogP) is 3.40. The van der Waals surface area contributed by atoms with Crippen LogP contribution in [0.3, 0.4) is 0 Å². The molecule has 6 nitrogen and oxygen atoms in total. The van der Waals surface area contributed by atoms with Gasteiger partial charge >= 0.3 is 5.97 Å². The Labute approximate surface area is 151 Å². The Balaban J connectivity index is 1.67. The number of carboxylic acids is 1. The molecular formula is C18H23N3O3S. The van der Waals surface area contributed by atoms with Crippen molar-refractivity contribution in [2.24, 2.45) is 0 Å². The Hall–Kier alpha value is -2.28. The van der Waals surface area contributed by atoms with Gasteiger partial charge in [-0.05, 0) is 25.5 Å². The quantitative estimate of drug-likeness (QED) is 0.488. The predicted molar refractivity (Wildman–Crippen MR) is 98.7 cm³/mol. The molecule has 25 heavy (non-hydrogen) atoms. The maximum atomic E-state index is 10.4. The molecule has 0 saturated heterocycles. The first-order chi connectivity index (χ1) is 12.1. The zero-order valence-electron chi connectivity index (χ0n) is 14.3. The van der Waals surface area contributed by atoms with Crippen LogP contribution in [0.2, 0.25) is 0 Å². The van der Waals surface area contributed by atoms with Gasteiger partial charge in [0.25, 0.3) is 0 Å². The van der Waals surface area contributed by atoms with Crippen LogP contribution in [0.5, 0.6) is 5.75 Å². The Bertz CT molecular complexity index is 686. The molecule has 134 valence electrons. The minimum Gasteiger partial charge on any atom is -0.487 e. The van der Waals surface area contributed by atoms with E-state index in [1.54, 1.807) is 11.8 Å². The summed E-state index contributed by atoms with van der Waals surface area (Å²) in [4.78, 5) is 10.4. The Morgan fingerprint density at radius 1 is 1.32 bits per heavy atom. The van der Waals surface area contributed by atoms with Crippen LogP contribution in [-0.4, -0.2) is 37.6 Å². The highest BCUT2D eigenvalue weighted by Crippen LogP contribution is 2.11. The second kappa shape index (κ2) is 10.6. The second-order valence-corrected chi connectivity index (χ2v) is 6.74. The molecule has 1 aromatic carbocycles. The molecule has 2 aromatic rings. The first-order valence-electron chi connectivity index (χ1n) is 8.15. The highest BCUT2D eigenvalue weighted by atomic mass is 32.2. The number of carboxylic acid groups (broad SMARTS) is 1. The van der Waals surface area contributed by atoms with Gasteiger partial charge in [-0.15, -0.1) is 5.10 Å². The average Bonchev–Trinajstić information content (AvgIpc) is 3.06. The first kappa shape index (κ1) is 19.1. The molecule has 1 aromatic heterocycles.